The molecule has 0 heterocycles. The summed E-state index contributed by atoms with van der Waals surface area (Å²) in [7, 11) is 0. The summed E-state index contributed by atoms with van der Waals surface area (Å²) in [6.07, 6.45) is 5.19. The molecular formula is C15H24N2. The van der Waals surface area contributed by atoms with Gasteiger partial charge in [-0.1, -0.05) is 37.6 Å². The fraction of sp³-hybridized carbons (Fsp3) is 0.600. The van der Waals surface area contributed by atoms with Gasteiger partial charge in [0.1, 0.15) is 0 Å². The standard InChI is InChI=1S/C15H24N2/c1-2-5-13-10-15(13)17-9-8-12-6-3-4-7-14(12)11-16/h3-4,6-7,13,15,17H,2,5,8-11,16H2,1H3. The van der Waals surface area contributed by atoms with E-state index in [2.05, 4.69) is 36.5 Å². The third-order valence-corrected chi connectivity index (χ3v) is 3.72. The van der Waals surface area contributed by atoms with Crippen LogP contribution in [0.25, 0.3) is 0 Å². The summed E-state index contributed by atoms with van der Waals surface area (Å²) in [6.45, 7) is 4.01. The molecule has 0 bridgehead atoms. The fourth-order valence-corrected chi connectivity index (χ4v) is 2.58. The van der Waals surface area contributed by atoms with Gasteiger partial charge in [0, 0.05) is 12.6 Å². The maximum atomic E-state index is 5.74. The van der Waals surface area contributed by atoms with Gasteiger partial charge < -0.3 is 11.1 Å². The Hall–Kier alpha value is -0.860. The minimum atomic E-state index is 0.651. The summed E-state index contributed by atoms with van der Waals surface area (Å²) >= 11 is 0. The van der Waals surface area contributed by atoms with Crippen molar-refractivity contribution in [1.29, 1.82) is 0 Å². The lowest BCUT2D eigenvalue weighted by Gasteiger charge is -2.08. The molecule has 1 saturated carbocycles. The molecule has 1 fully saturated rings. The number of hydrogen-bond acceptors (Lipinski definition) is 2. The van der Waals surface area contributed by atoms with Crippen LogP contribution in [0.1, 0.15) is 37.3 Å². The van der Waals surface area contributed by atoms with Crippen LogP contribution >= 0.6 is 0 Å². The molecule has 0 aromatic heterocycles. The summed E-state index contributed by atoms with van der Waals surface area (Å²) in [6, 6.07) is 9.29. The molecule has 2 atom stereocenters. The lowest BCUT2D eigenvalue weighted by Crippen LogP contribution is -2.21. The highest BCUT2D eigenvalue weighted by atomic mass is 15.0. The van der Waals surface area contributed by atoms with Crippen molar-refractivity contribution in [3.8, 4) is 0 Å². The van der Waals surface area contributed by atoms with Crippen LogP contribution in [-0.4, -0.2) is 12.6 Å². The molecule has 94 valence electrons. The van der Waals surface area contributed by atoms with Crippen molar-refractivity contribution in [1.82, 2.24) is 5.32 Å². The molecular weight excluding hydrogens is 208 g/mol. The zero-order valence-corrected chi connectivity index (χ0v) is 10.8. The maximum absolute atomic E-state index is 5.74. The van der Waals surface area contributed by atoms with Crippen LogP contribution in [0.5, 0.6) is 0 Å². The van der Waals surface area contributed by atoms with Crippen LogP contribution in [0.15, 0.2) is 24.3 Å². The van der Waals surface area contributed by atoms with Gasteiger partial charge in [0.15, 0.2) is 0 Å². The van der Waals surface area contributed by atoms with E-state index in [4.69, 9.17) is 5.73 Å². The molecule has 1 aliphatic carbocycles. The molecule has 17 heavy (non-hydrogen) atoms. The van der Waals surface area contributed by atoms with Crippen LogP contribution < -0.4 is 11.1 Å². The molecule has 0 saturated heterocycles. The SMILES string of the molecule is CCCC1CC1NCCc1ccccc1CN. The second kappa shape index (κ2) is 6.18. The number of rotatable bonds is 7. The van der Waals surface area contributed by atoms with Crippen LogP contribution in [0.4, 0.5) is 0 Å². The minimum absolute atomic E-state index is 0.651. The number of benzene rings is 1. The molecule has 0 amide bonds. The van der Waals surface area contributed by atoms with Crippen molar-refractivity contribution >= 4 is 0 Å². The first kappa shape index (κ1) is 12.6. The molecule has 2 heteroatoms. The average molecular weight is 232 g/mol. The summed E-state index contributed by atoms with van der Waals surface area (Å²) in [4.78, 5) is 0. The second-order valence-electron chi connectivity index (χ2n) is 5.07. The monoisotopic (exact) mass is 232 g/mol. The van der Waals surface area contributed by atoms with E-state index >= 15 is 0 Å². The molecule has 1 aromatic rings. The lowest BCUT2D eigenvalue weighted by molar-refractivity contribution is 0.599. The van der Waals surface area contributed by atoms with Crippen LogP contribution in [0.3, 0.4) is 0 Å². The quantitative estimate of drug-likeness (QED) is 0.758. The molecule has 2 unspecified atom stereocenters. The Morgan fingerprint density at radius 3 is 2.76 bits per heavy atom. The maximum Gasteiger partial charge on any atom is 0.0180 e. The third kappa shape index (κ3) is 3.55. The number of nitrogens with one attached hydrogen (secondary N) is 1. The summed E-state index contributed by atoms with van der Waals surface area (Å²) < 4.78 is 0. The zero-order chi connectivity index (χ0) is 12.1. The van der Waals surface area contributed by atoms with Crippen molar-refractivity contribution in [2.45, 2.75) is 45.2 Å². The van der Waals surface area contributed by atoms with Crippen molar-refractivity contribution in [2.75, 3.05) is 6.54 Å². The third-order valence-electron chi connectivity index (χ3n) is 3.72. The normalized spacial score (nSPS) is 22.7. The predicted octanol–water partition coefficient (Wildman–Crippen LogP) is 2.47. The van der Waals surface area contributed by atoms with Crippen LogP contribution in [0.2, 0.25) is 0 Å². The molecule has 2 nitrogen and oxygen atoms in total. The average Bonchev–Trinajstić information content (AvgIpc) is 3.09. The van der Waals surface area contributed by atoms with E-state index in [1.165, 1.54) is 30.4 Å². The molecule has 3 N–H and O–H groups in total. The van der Waals surface area contributed by atoms with Gasteiger partial charge in [-0.25, -0.2) is 0 Å². The smallest absolute Gasteiger partial charge is 0.0180 e. The highest BCUT2D eigenvalue weighted by molar-refractivity contribution is 5.27. The summed E-state index contributed by atoms with van der Waals surface area (Å²) in [5, 5.41) is 3.65. The van der Waals surface area contributed by atoms with E-state index in [9.17, 15) is 0 Å². The van der Waals surface area contributed by atoms with Crippen molar-refractivity contribution in [2.24, 2.45) is 11.7 Å². The first-order valence-corrected chi connectivity index (χ1v) is 6.85. The molecule has 1 aliphatic rings. The Labute approximate surface area is 105 Å². The Kier molecular flexibility index (Phi) is 4.57. The van der Waals surface area contributed by atoms with Gasteiger partial charge >= 0.3 is 0 Å². The first-order valence-electron chi connectivity index (χ1n) is 6.85. The minimum Gasteiger partial charge on any atom is -0.326 e. The van der Waals surface area contributed by atoms with Crippen LogP contribution in [0, 0.1) is 5.92 Å². The Balaban J connectivity index is 1.72. The van der Waals surface area contributed by atoms with Crippen LogP contribution in [-0.2, 0) is 13.0 Å². The summed E-state index contributed by atoms with van der Waals surface area (Å²) in [5.41, 5.74) is 8.42. The van der Waals surface area contributed by atoms with Gasteiger partial charge in [0.05, 0.1) is 0 Å². The van der Waals surface area contributed by atoms with E-state index in [-0.39, 0.29) is 0 Å². The fourth-order valence-electron chi connectivity index (χ4n) is 2.58. The molecule has 0 spiro atoms. The van der Waals surface area contributed by atoms with Gasteiger partial charge in [0.25, 0.3) is 0 Å². The summed E-state index contributed by atoms with van der Waals surface area (Å²) in [5.74, 6) is 0.949. The molecule has 1 aromatic carbocycles. The van der Waals surface area contributed by atoms with Gasteiger partial charge in [-0.3, -0.25) is 0 Å². The molecule has 0 aliphatic heterocycles. The van der Waals surface area contributed by atoms with Crippen molar-refractivity contribution < 1.29 is 0 Å². The van der Waals surface area contributed by atoms with E-state index < -0.39 is 0 Å². The van der Waals surface area contributed by atoms with Gasteiger partial charge in [-0.15, -0.1) is 0 Å². The second-order valence-corrected chi connectivity index (χ2v) is 5.07. The van der Waals surface area contributed by atoms with Crippen molar-refractivity contribution in [3.05, 3.63) is 35.4 Å². The Morgan fingerprint density at radius 2 is 2.06 bits per heavy atom. The van der Waals surface area contributed by atoms with Crippen molar-refractivity contribution in [3.63, 3.8) is 0 Å². The number of nitrogens with two attached hydrogens (primary N) is 1. The molecule has 2 rings (SSSR count). The van der Waals surface area contributed by atoms with Gasteiger partial charge in [-0.05, 0) is 42.9 Å². The largest absolute Gasteiger partial charge is 0.326 e. The van der Waals surface area contributed by atoms with E-state index in [0.717, 1.165) is 24.9 Å². The van der Waals surface area contributed by atoms with E-state index in [0.29, 0.717) is 6.54 Å². The Morgan fingerprint density at radius 1 is 1.29 bits per heavy atom. The van der Waals surface area contributed by atoms with E-state index in [1.807, 2.05) is 0 Å². The van der Waals surface area contributed by atoms with E-state index in [1.54, 1.807) is 0 Å². The topological polar surface area (TPSA) is 38.0 Å². The Bertz CT molecular complexity index is 349. The van der Waals surface area contributed by atoms with Gasteiger partial charge in [-0.2, -0.15) is 0 Å². The first-order chi connectivity index (χ1) is 8.35. The predicted molar refractivity (Wildman–Crippen MR) is 72.8 cm³/mol. The van der Waals surface area contributed by atoms with Gasteiger partial charge in [0.2, 0.25) is 0 Å². The lowest BCUT2D eigenvalue weighted by atomic mass is 10.0. The highest BCUT2D eigenvalue weighted by Crippen LogP contribution is 2.34. The highest BCUT2D eigenvalue weighted by Gasteiger charge is 2.34. The number of hydrogen-bond donors (Lipinski definition) is 2. The molecule has 0 radical (unpaired) electrons. The zero-order valence-electron chi connectivity index (χ0n) is 10.8.